The lowest BCUT2D eigenvalue weighted by Gasteiger charge is -2.05. The quantitative estimate of drug-likeness (QED) is 0.762. The number of phenolic OH excluding ortho intramolecular Hbond substituents is 2. The minimum atomic E-state index is -0.590. The molecule has 0 aliphatic heterocycles. The first-order valence-corrected chi connectivity index (χ1v) is 4.66. The fourth-order valence-corrected chi connectivity index (χ4v) is 1.55. The fourth-order valence-electron chi connectivity index (χ4n) is 1.55. The molecule has 0 fully saturated rings. The van der Waals surface area contributed by atoms with Crippen LogP contribution in [0.1, 0.15) is 25.2 Å². The second-order valence-corrected chi connectivity index (χ2v) is 3.39. The van der Waals surface area contributed by atoms with E-state index in [-0.39, 0.29) is 31.9 Å². The van der Waals surface area contributed by atoms with Crippen LogP contribution >= 0.6 is 0 Å². The Morgan fingerprint density at radius 2 is 1.72 bits per heavy atom. The molecule has 0 radical (unpaired) electrons. The molecule has 2 aromatic carbocycles. The van der Waals surface area contributed by atoms with E-state index in [9.17, 15) is 15.0 Å². The van der Waals surface area contributed by atoms with E-state index in [1.165, 1.54) is 31.4 Å². The van der Waals surface area contributed by atoms with Gasteiger partial charge in [0.05, 0.1) is 7.11 Å². The molecular weight excluding hydrogens is 232 g/mol. The highest BCUT2D eigenvalue weighted by molar-refractivity contribution is 5.98. The molecule has 0 heterocycles. The minimum absolute atomic E-state index is 0. The smallest absolute Gasteiger partial charge is 0.341 e. The van der Waals surface area contributed by atoms with Gasteiger partial charge in [0.15, 0.2) is 0 Å². The number of aromatic hydroxyl groups is 2. The number of benzene rings is 2. The van der Waals surface area contributed by atoms with E-state index in [2.05, 4.69) is 4.74 Å². The van der Waals surface area contributed by atoms with Crippen molar-refractivity contribution in [1.82, 2.24) is 0 Å². The Balaban J connectivity index is 0.00000144. The van der Waals surface area contributed by atoms with Gasteiger partial charge in [0.2, 0.25) is 0 Å². The van der Waals surface area contributed by atoms with Gasteiger partial charge in [-0.1, -0.05) is 20.9 Å². The summed E-state index contributed by atoms with van der Waals surface area (Å²) in [5.74, 6) is -0.643. The summed E-state index contributed by atoms with van der Waals surface area (Å²) in [6.07, 6.45) is 0. The lowest BCUT2D eigenvalue weighted by molar-refractivity contribution is 0.0597. The maximum atomic E-state index is 11.3. The number of phenols is 2. The van der Waals surface area contributed by atoms with Gasteiger partial charge < -0.3 is 14.9 Å². The lowest BCUT2D eigenvalue weighted by Crippen LogP contribution is -2.01. The number of ether oxygens (including phenoxy) is 1. The first-order chi connectivity index (χ1) is 7.61. The molecule has 0 bridgehead atoms. The Morgan fingerprint density at radius 1 is 1.06 bits per heavy atom. The van der Waals surface area contributed by atoms with Crippen molar-refractivity contribution < 1.29 is 19.7 Å². The molecule has 2 N–H and O–H groups in total. The molecule has 4 nitrogen and oxygen atoms in total. The molecule has 0 saturated heterocycles. The normalized spacial score (nSPS) is 9.17. The van der Waals surface area contributed by atoms with Gasteiger partial charge in [-0.25, -0.2) is 4.79 Å². The first kappa shape index (κ1) is 15.8. The standard InChI is InChI=1S/C12H10O4.2CH4/c1-16-12(15)10-5-7-2-3-9(13)4-8(7)6-11(10)14;;/h2-6,13-14H,1H3;2*1H4. The molecule has 0 atom stereocenters. The number of rotatable bonds is 1. The molecule has 2 aromatic rings. The predicted octanol–water partition coefficient (Wildman–Crippen LogP) is 3.31. The number of fused-ring (bicyclic) bond motifs is 1. The van der Waals surface area contributed by atoms with Crippen molar-refractivity contribution in [2.45, 2.75) is 14.9 Å². The van der Waals surface area contributed by atoms with Crippen LogP contribution in [0.15, 0.2) is 30.3 Å². The van der Waals surface area contributed by atoms with Crippen molar-refractivity contribution in [2.24, 2.45) is 0 Å². The van der Waals surface area contributed by atoms with Crippen LogP contribution < -0.4 is 0 Å². The maximum Gasteiger partial charge on any atom is 0.341 e. The molecule has 0 aliphatic rings. The molecule has 0 amide bonds. The zero-order valence-electron chi connectivity index (χ0n) is 8.60. The van der Waals surface area contributed by atoms with Gasteiger partial charge in [-0.05, 0) is 35.0 Å². The van der Waals surface area contributed by atoms with E-state index in [0.717, 1.165) is 5.39 Å². The number of carbonyl (C=O) groups is 1. The van der Waals surface area contributed by atoms with Crippen molar-refractivity contribution in [1.29, 1.82) is 0 Å². The second-order valence-electron chi connectivity index (χ2n) is 3.39. The Bertz CT molecular complexity index is 561. The lowest BCUT2D eigenvalue weighted by atomic mass is 10.1. The van der Waals surface area contributed by atoms with Crippen LogP contribution in [-0.2, 0) is 4.74 Å². The fraction of sp³-hybridized carbons (Fsp3) is 0.214. The number of carbonyl (C=O) groups excluding carboxylic acids is 1. The average molecular weight is 250 g/mol. The largest absolute Gasteiger partial charge is 0.508 e. The number of methoxy groups -OCH3 is 1. The van der Waals surface area contributed by atoms with Gasteiger partial charge in [0.25, 0.3) is 0 Å². The molecule has 0 saturated carbocycles. The molecule has 0 aliphatic carbocycles. The van der Waals surface area contributed by atoms with Crippen molar-refractivity contribution in [3.8, 4) is 11.5 Å². The Labute approximate surface area is 106 Å². The zero-order valence-corrected chi connectivity index (χ0v) is 8.60. The third-order valence-corrected chi connectivity index (χ3v) is 2.34. The van der Waals surface area contributed by atoms with Gasteiger partial charge >= 0.3 is 5.97 Å². The highest BCUT2D eigenvalue weighted by atomic mass is 16.5. The summed E-state index contributed by atoms with van der Waals surface area (Å²) in [6, 6.07) is 7.63. The minimum Gasteiger partial charge on any atom is -0.508 e. The topological polar surface area (TPSA) is 66.8 Å². The van der Waals surface area contributed by atoms with E-state index >= 15 is 0 Å². The third kappa shape index (κ3) is 2.71. The third-order valence-electron chi connectivity index (χ3n) is 2.34. The monoisotopic (exact) mass is 250 g/mol. The van der Waals surface area contributed by atoms with Crippen LogP contribution in [0.2, 0.25) is 0 Å². The predicted molar refractivity (Wildman–Crippen MR) is 72.1 cm³/mol. The van der Waals surface area contributed by atoms with Gasteiger partial charge in [-0.2, -0.15) is 0 Å². The Kier molecular flexibility index (Phi) is 5.18. The maximum absolute atomic E-state index is 11.3. The van der Waals surface area contributed by atoms with Crippen LogP contribution in [0.4, 0.5) is 0 Å². The molecule has 18 heavy (non-hydrogen) atoms. The van der Waals surface area contributed by atoms with Crippen molar-refractivity contribution >= 4 is 16.7 Å². The van der Waals surface area contributed by atoms with Crippen molar-refractivity contribution in [2.75, 3.05) is 7.11 Å². The summed E-state index contributed by atoms with van der Waals surface area (Å²) >= 11 is 0. The van der Waals surface area contributed by atoms with Gasteiger partial charge in [-0.3, -0.25) is 0 Å². The number of hydrogen-bond donors (Lipinski definition) is 2. The van der Waals surface area contributed by atoms with Crippen LogP contribution in [0.5, 0.6) is 11.5 Å². The van der Waals surface area contributed by atoms with E-state index in [1.54, 1.807) is 6.07 Å². The summed E-state index contributed by atoms with van der Waals surface area (Å²) in [5, 5.41) is 20.3. The van der Waals surface area contributed by atoms with E-state index < -0.39 is 5.97 Å². The molecule has 0 spiro atoms. The van der Waals surface area contributed by atoms with Crippen molar-refractivity contribution in [3.63, 3.8) is 0 Å². The molecule has 98 valence electrons. The molecule has 0 unspecified atom stereocenters. The summed E-state index contributed by atoms with van der Waals surface area (Å²) in [5.41, 5.74) is 0.112. The van der Waals surface area contributed by atoms with Crippen LogP contribution in [0.25, 0.3) is 10.8 Å². The summed E-state index contributed by atoms with van der Waals surface area (Å²) < 4.78 is 4.54. The van der Waals surface area contributed by atoms with Gasteiger partial charge in [0, 0.05) is 0 Å². The number of hydrogen-bond acceptors (Lipinski definition) is 4. The molecule has 0 aromatic heterocycles. The second kappa shape index (κ2) is 5.91. The molecular formula is C14H18O4. The first-order valence-electron chi connectivity index (χ1n) is 4.66. The molecule has 2 rings (SSSR count). The SMILES string of the molecule is C.C.COC(=O)c1cc2ccc(O)cc2cc1O. The molecule has 4 heteroatoms. The summed E-state index contributed by atoms with van der Waals surface area (Å²) in [6.45, 7) is 0. The zero-order chi connectivity index (χ0) is 11.7. The van der Waals surface area contributed by atoms with Crippen LogP contribution in [-0.4, -0.2) is 23.3 Å². The van der Waals surface area contributed by atoms with Crippen molar-refractivity contribution in [3.05, 3.63) is 35.9 Å². The Morgan fingerprint density at radius 3 is 2.33 bits per heavy atom. The average Bonchev–Trinajstić information content (AvgIpc) is 2.27. The summed E-state index contributed by atoms with van der Waals surface area (Å²) in [7, 11) is 1.25. The summed E-state index contributed by atoms with van der Waals surface area (Å²) in [4.78, 5) is 11.3. The number of esters is 1. The van der Waals surface area contributed by atoms with E-state index in [0.29, 0.717) is 5.39 Å². The van der Waals surface area contributed by atoms with Gasteiger partial charge in [-0.15, -0.1) is 0 Å². The van der Waals surface area contributed by atoms with E-state index in [1.807, 2.05) is 0 Å². The Hall–Kier alpha value is -2.23. The highest BCUT2D eigenvalue weighted by Crippen LogP contribution is 2.27. The van der Waals surface area contributed by atoms with E-state index in [4.69, 9.17) is 0 Å². The van der Waals surface area contributed by atoms with Crippen LogP contribution in [0.3, 0.4) is 0 Å². The van der Waals surface area contributed by atoms with Crippen LogP contribution in [0, 0.1) is 0 Å². The van der Waals surface area contributed by atoms with Gasteiger partial charge in [0.1, 0.15) is 17.1 Å². The highest BCUT2D eigenvalue weighted by Gasteiger charge is 2.12.